The van der Waals surface area contributed by atoms with Gasteiger partial charge in [-0.15, -0.1) is 0 Å². The molecule has 0 radical (unpaired) electrons. The Morgan fingerprint density at radius 3 is 2.48 bits per heavy atom. The Morgan fingerprint density at radius 2 is 1.85 bits per heavy atom. The molecule has 0 aliphatic rings. The molecule has 0 heterocycles. The molecule has 2 aromatic rings. The number of carbonyl (C=O) groups excluding carboxylic acids is 2. The second-order valence-corrected chi connectivity index (χ2v) is 7.77. The summed E-state index contributed by atoms with van der Waals surface area (Å²) in [7, 11) is 0.409. The van der Waals surface area contributed by atoms with E-state index in [4.69, 9.17) is 9.47 Å². The number of anilines is 1. The Balaban J connectivity index is 2.15. The molecule has 0 fully saturated rings. The quantitative estimate of drug-likeness (QED) is 0.687. The molecule has 1 N–H and O–H groups in total. The van der Waals surface area contributed by atoms with Crippen molar-refractivity contribution in [3.8, 4) is 11.5 Å². The van der Waals surface area contributed by atoms with E-state index >= 15 is 0 Å². The van der Waals surface area contributed by atoms with Crippen LogP contribution in [0.15, 0.2) is 47.4 Å². The minimum atomic E-state index is -3.76. The van der Waals surface area contributed by atoms with Crippen molar-refractivity contribution in [1.29, 1.82) is 0 Å². The van der Waals surface area contributed by atoms with E-state index < -0.39 is 15.9 Å². The van der Waals surface area contributed by atoms with Gasteiger partial charge in [0.05, 0.1) is 12.7 Å². The number of ether oxygens (including phenoxy) is 2. The number of methoxy groups -OCH3 is 1. The number of hydrogen-bond donors (Lipinski definition) is 1. The Morgan fingerprint density at radius 1 is 1.15 bits per heavy atom. The van der Waals surface area contributed by atoms with Crippen LogP contribution in [0.1, 0.15) is 10.4 Å². The van der Waals surface area contributed by atoms with Crippen molar-refractivity contribution in [2.24, 2.45) is 0 Å². The van der Waals surface area contributed by atoms with Crippen LogP contribution >= 0.6 is 0 Å². The van der Waals surface area contributed by atoms with Gasteiger partial charge in [0.15, 0.2) is 12.9 Å². The first-order chi connectivity index (χ1) is 12.8. The maximum absolute atomic E-state index is 12.4. The van der Waals surface area contributed by atoms with Gasteiger partial charge in [0.2, 0.25) is 10.0 Å². The van der Waals surface area contributed by atoms with Crippen LogP contribution in [0.2, 0.25) is 0 Å². The van der Waals surface area contributed by atoms with Gasteiger partial charge in [0.25, 0.3) is 5.91 Å². The van der Waals surface area contributed by atoms with Crippen molar-refractivity contribution in [2.75, 3.05) is 33.1 Å². The van der Waals surface area contributed by atoms with Gasteiger partial charge >= 0.3 is 0 Å². The van der Waals surface area contributed by atoms with Crippen molar-refractivity contribution in [1.82, 2.24) is 4.31 Å². The Labute approximate surface area is 157 Å². The topological polar surface area (TPSA) is 102 Å². The molecule has 2 rings (SSSR count). The monoisotopic (exact) mass is 392 g/mol. The molecule has 27 heavy (non-hydrogen) atoms. The summed E-state index contributed by atoms with van der Waals surface area (Å²) >= 11 is 0. The highest BCUT2D eigenvalue weighted by Gasteiger charge is 2.23. The summed E-state index contributed by atoms with van der Waals surface area (Å²) in [5, 5.41) is 2.56. The molecule has 0 aliphatic heterocycles. The Hall–Kier alpha value is -2.91. The fraction of sp³-hybridized carbons (Fsp3) is 0.222. The zero-order valence-electron chi connectivity index (χ0n) is 15.1. The number of para-hydroxylation sites is 1. The number of benzene rings is 2. The fourth-order valence-electron chi connectivity index (χ4n) is 2.20. The van der Waals surface area contributed by atoms with Crippen molar-refractivity contribution in [2.45, 2.75) is 4.90 Å². The minimum absolute atomic E-state index is 0.0694. The van der Waals surface area contributed by atoms with E-state index in [1.807, 2.05) is 0 Å². The lowest BCUT2D eigenvalue weighted by molar-refractivity contribution is -0.118. The lowest BCUT2D eigenvalue weighted by Gasteiger charge is -2.16. The molecule has 0 aromatic heterocycles. The van der Waals surface area contributed by atoms with Gasteiger partial charge in [0, 0.05) is 19.8 Å². The first-order valence-corrected chi connectivity index (χ1v) is 9.31. The van der Waals surface area contributed by atoms with Gasteiger partial charge in [-0.25, -0.2) is 12.7 Å². The molecule has 0 saturated heterocycles. The normalized spacial score (nSPS) is 11.1. The van der Waals surface area contributed by atoms with Crippen molar-refractivity contribution in [3.05, 3.63) is 48.0 Å². The summed E-state index contributed by atoms with van der Waals surface area (Å²) in [6, 6.07) is 10.8. The van der Waals surface area contributed by atoms with Gasteiger partial charge < -0.3 is 14.8 Å². The third-order valence-corrected chi connectivity index (χ3v) is 5.45. The van der Waals surface area contributed by atoms with Crippen LogP contribution in [0.25, 0.3) is 0 Å². The van der Waals surface area contributed by atoms with Crippen LogP contribution in [0.3, 0.4) is 0 Å². The highest BCUT2D eigenvalue weighted by atomic mass is 32.2. The molecule has 0 unspecified atom stereocenters. The van der Waals surface area contributed by atoms with Gasteiger partial charge in [-0.2, -0.15) is 0 Å². The minimum Gasteiger partial charge on any atom is -0.495 e. The molecule has 1 amide bonds. The Bertz CT molecular complexity index is 941. The van der Waals surface area contributed by atoms with E-state index in [9.17, 15) is 18.0 Å². The van der Waals surface area contributed by atoms with Crippen LogP contribution in [-0.4, -0.2) is 52.7 Å². The number of hydrogen-bond acceptors (Lipinski definition) is 6. The summed E-state index contributed by atoms with van der Waals surface area (Å²) < 4.78 is 36.3. The second kappa shape index (κ2) is 8.65. The summed E-state index contributed by atoms with van der Waals surface area (Å²) in [5.41, 5.74) is 0.600. The van der Waals surface area contributed by atoms with Gasteiger partial charge in [-0.05, 0) is 30.3 Å². The van der Waals surface area contributed by atoms with E-state index in [0.29, 0.717) is 11.8 Å². The number of carbonyl (C=O) groups is 2. The highest BCUT2D eigenvalue weighted by molar-refractivity contribution is 7.89. The number of nitrogens with zero attached hydrogens (tertiary/aromatic N) is 1. The van der Waals surface area contributed by atoms with Crippen molar-refractivity contribution >= 4 is 27.9 Å². The van der Waals surface area contributed by atoms with Gasteiger partial charge in [0.1, 0.15) is 16.4 Å². The van der Waals surface area contributed by atoms with Crippen LogP contribution in [-0.2, 0) is 14.8 Å². The maximum atomic E-state index is 12.4. The number of aldehydes is 1. The van der Waals surface area contributed by atoms with E-state index in [1.54, 1.807) is 24.3 Å². The van der Waals surface area contributed by atoms with Gasteiger partial charge in [-0.3, -0.25) is 9.59 Å². The highest BCUT2D eigenvalue weighted by Crippen LogP contribution is 2.28. The first kappa shape index (κ1) is 20.4. The van der Waals surface area contributed by atoms with Crippen LogP contribution in [0.5, 0.6) is 11.5 Å². The summed E-state index contributed by atoms with van der Waals surface area (Å²) in [5.74, 6) is -0.0554. The summed E-state index contributed by atoms with van der Waals surface area (Å²) in [6.45, 7) is -0.341. The number of nitrogens with one attached hydrogen (secondary N) is 1. The smallest absolute Gasteiger partial charge is 0.262 e. The molecule has 2 aromatic carbocycles. The summed E-state index contributed by atoms with van der Waals surface area (Å²) in [4.78, 5) is 23.0. The number of rotatable bonds is 8. The average molecular weight is 392 g/mol. The van der Waals surface area contributed by atoms with E-state index in [0.717, 1.165) is 4.31 Å². The molecule has 9 heteroatoms. The fourth-order valence-corrected chi connectivity index (χ4v) is 3.28. The lowest BCUT2D eigenvalue weighted by Crippen LogP contribution is -2.24. The molecular weight excluding hydrogens is 372 g/mol. The van der Waals surface area contributed by atoms with E-state index in [2.05, 4.69) is 5.32 Å². The van der Waals surface area contributed by atoms with E-state index in [1.165, 1.54) is 39.4 Å². The predicted molar refractivity (Wildman–Crippen MR) is 99.8 cm³/mol. The zero-order valence-corrected chi connectivity index (χ0v) is 15.9. The third-order valence-electron chi connectivity index (χ3n) is 3.61. The lowest BCUT2D eigenvalue weighted by atomic mass is 10.2. The molecule has 0 atom stereocenters. The predicted octanol–water partition coefficient (Wildman–Crippen LogP) is 1.78. The van der Waals surface area contributed by atoms with Crippen LogP contribution in [0, 0.1) is 0 Å². The SMILES string of the molecule is COc1ccc(NC(=O)COc2ccccc2C=O)cc1S(=O)(=O)N(C)C. The summed E-state index contributed by atoms with van der Waals surface area (Å²) in [6.07, 6.45) is 0.634. The molecule has 0 bridgehead atoms. The second-order valence-electron chi connectivity index (χ2n) is 5.65. The third kappa shape index (κ3) is 4.83. The molecular formula is C18H20N2O6S. The van der Waals surface area contributed by atoms with Crippen molar-refractivity contribution < 1.29 is 27.5 Å². The van der Waals surface area contributed by atoms with Crippen LogP contribution < -0.4 is 14.8 Å². The number of sulfonamides is 1. The molecule has 8 nitrogen and oxygen atoms in total. The van der Waals surface area contributed by atoms with Gasteiger partial charge in [-0.1, -0.05) is 12.1 Å². The van der Waals surface area contributed by atoms with Crippen LogP contribution in [0.4, 0.5) is 5.69 Å². The average Bonchev–Trinajstić information content (AvgIpc) is 2.66. The molecule has 0 aliphatic carbocycles. The molecule has 0 saturated carbocycles. The Kier molecular flexibility index (Phi) is 6.54. The van der Waals surface area contributed by atoms with E-state index in [-0.39, 0.29) is 28.7 Å². The largest absolute Gasteiger partial charge is 0.495 e. The zero-order chi connectivity index (χ0) is 20.0. The first-order valence-electron chi connectivity index (χ1n) is 7.87. The molecule has 0 spiro atoms. The molecule has 144 valence electrons. The maximum Gasteiger partial charge on any atom is 0.262 e. The number of amides is 1. The van der Waals surface area contributed by atoms with Crippen molar-refractivity contribution in [3.63, 3.8) is 0 Å². The standard InChI is InChI=1S/C18H20N2O6S/c1-20(2)27(23,24)17-10-14(8-9-16(17)25-3)19-18(22)12-26-15-7-5-4-6-13(15)11-21/h4-11H,12H2,1-3H3,(H,19,22).